The molecule has 1 fully saturated rings. The van der Waals surface area contributed by atoms with Crippen molar-refractivity contribution in [1.29, 1.82) is 0 Å². The summed E-state index contributed by atoms with van der Waals surface area (Å²) in [6, 6.07) is 15.1. The van der Waals surface area contributed by atoms with Crippen LogP contribution in [0.1, 0.15) is 25.3 Å². The van der Waals surface area contributed by atoms with Gasteiger partial charge in [-0.25, -0.2) is 0 Å². The topological polar surface area (TPSA) is 41.6 Å². The van der Waals surface area contributed by atoms with E-state index in [1.807, 2.05) is 6.92 Å². The van der Waals surface area contributed by atoms with Crippen LogP contribution in [0.5, 0.6) is 0 Å². The fourth-order valence-corrected chi connectivity index (χ4v) is 3.68. The van der Waals surface area contributed by atoms with Crippen molar-refractivity contribution in [2.75, 3.05) is 26.8 Å². The smallest absolute Gasteiger partial charge is 0.223 e. The SMILES string of the molecule is COCC(C)NC(=O)C1CCN(Cc2cccc3ccccc23)CC1. The molecular formula is C21H28N2O2. The number of hydrogen-bond donors (Lipinski definition) is 1. The summed E-state index contributed by atoms with van der Waals surface area (Å²) < 4.78 is 5.09. The number of hydrogen-bond acceptors (Lipinski definition) is 3. The van der Waals surface area contributed by atoms with Gasteiger partial charge in [0.2, 0.25) is 5.91 Å². The average molecular weight is 340 g/mol. The van der Waals surface area contributed by atoms with Crippen LogP contribution >= 0.6 is 0 Å². The third-order valence-corrected chi connectivity index (χ3v) is 5.04. The summed E-state index contributed by atoms with van der Waals surface area (Å²) in [4.78, 5) is 14.8. The fourth-order valence-electron chi connectivity index (χ4n) is 3.68. The standard InChI is InChI=1S/C21H28N2O2/c1-16(15-25-2)22-21(24)18-10-12-23(13-11-18)14-19-8-5-7-17-6-3-4-9-20(17)19/h3-9,16,18H,10-15H2,1-2H3,(H,22,24). The molecule has 1 heterocycles. The van der Waals surface area contributed by atoms with E-state index >= 15 is 0 Å². The van der Waals surface area contributed by atoms with Crippen molar-refractivity contribution in [2.45, 2.75) is 32.4 Å². The van der Waals surface area contributed by atoms with Gasteiger partial charge in [-0.3, -0.25) is 9.69 Å². The van der Waals surface area contributed by atoms with Crippen LogP contribution in [-0.4, -0.2) is 43.7 Å². The molecule has 0 aliphatic carbocycles. The molecule has 1 amide bonds. The number of nitrogens with one attached hydrogen (secondary N) is 1. The Morgan fingerprint density at radius 1 is 1.20 bits per heavy atom. The highest BCUT2D eigenvalue weighted by Gasteiger charge is 2.25. The number of fused-ring (bicyclic) bond motifs is 1. The minimum Gasteiger partial charge on any atom is -0.383 e. The van der Waals surface area contributed by atoms with Gasteiger partial charge in [0.05, 0.1) is 6.61 Å². The molecule has 4 nitrogen and oxygen atoms in total. The third kappa shape index (κ3) is 4.59. The third-order valence-electron chi connectivity index (χ3n) is 5.04. The first-order valence-electron chi connectivity index (χ1n) is 9.15. The summed E-state index contributed by atoms with van der Waals surface area (Å²) >= 11 is 0. The van der Waals surface area contributed by atoms with Gasteiger partial charge in [0.1, 0.15) is 0 Å². The predicted molar refractivity (Wildman–Crippen MR) is 101 cm³/mol. The van der Waals surface area contributed by atoms with Gasteiger partial charge in [-0.05, 0) is 49.2 Å². The molecule has 3 rings (SSSR count). The normalized spacial score (nSPS) is 17.5. The zero-order valence-corrected chi connectivity index (χ0v) is 15.2. The lowest BCUT2D eigenvalue weighted by Crippen LogP contribution is -2.44. The second-order valence-corrected chi connectivity index (χ2v) is 7.05. The summed E-state index contributed by atoms with van der Waals surface area (Å²) in [5, 5.41) is 5.68. The van der Waals surface area contributed by atoms with E-state index in [9.17, 15) is 4.79 Å². The van der Waals surface area contributed by atoms with Crippen LogP contribution in [0.25, 0.3) is 10.8 Å². The van der Waals surface area contributed by atoms with E-state index in [1.54, 1.807) is 7.11 Å². The molecule has 2 aromatic rings. The number of nitrogens with zero attached hydrogens (tertiary/aromatic N) is 1. The van der Waals surface area contributed by atoms with Gasteiger partial charge < -0.3 is 10.1 Å². The highest BCUT2D eigenvalue weighted by atomic mass is 16.5. The maximum Gasteiger partial charge on any atom is 0.223 e. The van der Waals surface area contributed by atoms with Crippen LogP contribution in [0.4, 0.5) is 0 Å². The minimum absolute atomic E-state index is 0.0752. The Balaban J connectivity index is 1.55. The van der Waals surface area contributed by atoms with Gasteiger partial charge in [-0.2, -0.15) is 0 Å². The van der Waals surface area contributed by atoms with Crippen LogP contribution in [-0.2, 0) is 16.1 Å². The van der Waals surface area contributed by atoms with E-state index in [-0.39, 0.29) is 17.9 Å². The molecule has 25 heavy (non-hydrogen) atoms. The van der Waals surface area contributed by atoms with Gasteiger partial charge in [-0.15, -0.1) is 0 Å². The molecule has 1 atom stereocenters. The number of benzene rings is 2. The molecule has 4 heteroatoms. The van der Waals surface area contributed by atoms with Crippen LogP contribution in [0.2, 0.25) is 0 Å². The maximum atomic E-state index is 12.3. The molecule has 1 aliphatic heterocycles. The zero-order chi connectivity index (χ0) is 17.6. The van der Waals surface area contributed by atoms with Crippen molar-refractivity contribution in [3.8, 4) is 0 Å². The molecule has 1 aliphatic rings. The number of rotatable bonds is 6. The average Bonchev–Trinajstić information content (AvgIpc) is 2.63. The summed E-state index contributed by atoms with van der Waals surface area (Å²) in [6.07, 6.45) is 1.85. The van der Waals surface area contributed by atoms with Crippen molar-refractivity contribution in [2.24, 2.45) is 5.92 Å². The van der Waals surface area contributed by atoms with Crippen LogP contribution in [0.15, 0.2) is 42.5 Å². The molecule has 1 unspecified atom stereocenters. The molecule has 0 radical (unpaired) electrons. The Morgan fingerprint density at radius 3 is 2.68 bits per heavy atom. The summed E-state index contributed by atoms with van der Waals surface area (Å²) in [7, 11) is 1.66. The second-order valence-electron chi connectivity index (χ2n) is 7.05. The first kappa shape index (κ1) is 17.9. The molecule has 2 aromatic carbocycles. The number of methoxy groups -OCH3 is 1. The van der Waals surface area contributed by atoms with Gasteiger partial charge in [0.15, 0.2) is 0 Å². The largest absolute Gasteiger partial charge is 0.383 e. The molecule has 1 N–H and O–H groups in total. The van der Waals surface area contributed by atoms with Crippen LogP contribution in [0, 0.1) is 5.92 Å². The maximum absolute atomic E-state index is 12.3. The first-order valence-corrected chi connectivity index (χ1v) is 9.15. The predicted octanol–water partition coefficient (Wildman–Crippen LogP) is 3.20. The minimum atomic E-state index is 0.0752. The van der Waals surface area contributed by atoms with E-state index in [2.05, 4.69) is 52.7 Å². The lowest BCUT2D eigenvalue weighted by Gasteiger charge is -2.32. The Hall–Kier alpha value is -1.91. The van der Waals surface area contributed by atoms with Crippen LogP contribution < -0.4 is 5.32 Å². The van der Waals surface area contributed by atoms with E-state index in [1.165, 1.54) is 16.3 Å². The van der Waals surface area contributed by atoms with Crippen molar-refractivity contribution >= 4 is 16.7 Å². The summed E-state index contributed by atoms with van der Waals surface area (Å²) in [6.45, 7) is 5.44. The number of amides is 1. The van der Waals surface area contributed by atoms with Gasteiger partial charge in [-0.1, -0.05) is 42.5 Å². The van der Waals surface area contributed by atoms with E-state index in [4.69, 9.17) is 4.74 Å². The Morgan fingerprint density at radius 2 is 1.92 bits per heavy atom. The quantitative estimate of drug-likeness (QED) is 0.878. The highest BCUT2D eigenvalue weighted by Crippen LogP contribution is 2.23. The molecule has 134 valence electrons. The zero-order valence-electron chi connectivity index (χ0n) is 15.2. The lowest BCUT2D eigenvalue weighted by molar-refractivity contribution is -0.127. The molecular weight excluding hydrogens is 312 g/mol. The molecule has 0 bridgehead atoms. The first-order chi connectivity index (χ1) is 12.2. The molecule has 1 saturated heterocycles. The monoisotopic (exact) mass is 340 g/mol. The van der Waals surface area contributed by atoms with Crippen molar-refractivity contribution in [3.05, 3.63) is 48.0 Å². The van der Waals surface area contributed by atoms with E-state index in [0.29, 0.717) is 6.61 Å². The number of likely N-dealkylation sites (tertiary alicyclic amines) is 1. The number of ether oxygens (including phenoxy) is 1. The van der Waals surface area contributed by atoms with E-state index in [0.717, 1.165) is 32.5 Å². The second kappa shape index (κ2) is 8.45. The van der Waals surface area contributed by atoms with Gasteiger partial charge >= 0.3 is 0 Å². The number of carbonyl (C=O) groups excluding carboxylic acids is 1. The van der Waals surface area contributed by atoms with Crippen molar-refractivity contribution < 1.29 is 9.53 Å². The summed E-state index contributed by atoms with van der Waals surface area (Å²) in [5.74, 6) is 0.303. The molecule has 0 spiro atoms. The van der Waals surface area contributed by atoms with Crippen molar-refractivity contribution in [3.63, 3.8) is 0 Å². The van der Waals surface area contributed by atoms with Crippen LogP contribution in [0.3, 0.4) is 0 Å². The number of piperidine rings is 1. The molecule has 0 saturated carbocycles. The molecule has 0 aromatic heterocycles. The number of carbonyl (C=O) groups is 1. The van der Waals surface area contributed by atoms with Crippen molar-refractivity contribution in [1.82, 2.24) is 10.2 Å². The van der Waals surface area contributed by atoms with Gasteiger partial charge in [0.25, 0.3) is 0 Å². The Bertz CT molecular complexity index is 703. The van der Waals surface area contributed by atoms with Gasteiger partial charge in [0, 0.05) is 25.6 Å². The van der Waals surface area contributed by atoms with E-state index < -0.39 is 0 Å². The Labute approximate surface area is 150 Å². The highest BCUT2D eigenvalue weighted by molar-refractivity contribution is 5.85. The lowest BCUT2D eigenvalue weighted by atomic mass is 9.95. The summed E-state index contributed by atoms with van der Waals surface area (Å²) in [5.41, 5.74) is 1.37. The Kier molecular flexibility index (Phi) is 6.05. The fraction of sp³-hybridized carbons (Fsp3) is 0.476.